The molecule has 0 saturated carbocycles. The summed E-state index contributed by atoms with van der Waals surface area (Å²) in [6.07, 6.45) is -0.261. The van der Waals surface area contributed by atoms with E-state index in [2.05, 4.69) is 9.88 Å². The molecule has 0 bridgehead atoms. The van der Waals surface area contributed by atoms with Crippen LogP contribution in [0.5, 0.6) is 0 Å². The van der Waals surface area contributed by atoms with Crippen LogP contribution in [-0.4, -0.2) is 42.2 Å². The molecule has 1 aliphatic rings. The largest absolute Gasteiger partial charge is 0.445 e. The highest BCUT2D eigenvalue weighted by Crippen LogP contribution is 2.23. The lowest BCUT2D eigenvalue weighted by Crippen LogP contribution is -2.48. The Morgan fingerprint density at radius 2 is 1.88 bits per heavy atom. The van der Waals surface area contributed by atoms with E-state index in [0.717, 1.165) is 35.4 Å². The van der Waals surface area contributed by atoms with Crippen LogP contribution in [-0.2, 0) is 11.3 Å². The molecular formula is C19H19N3O3S. The fourth-order valence-corrected chi connectivity index (χ4v) is 3.29. The van der Waals surface area contributed by atoms with Gasteiger partial charge in [0, 0.05) is 31.9 Å². The average Bonchev–Trinajstić information content (AvgIpc) is 3.06. The molecule has 0 spiro atoms. The second-order valence-electron chi connectivity index (χ2n) is 6.21. The number of hydrogen-bond acceptors (Lipinski definition) is 5. The lowest BCUT2D eigenvalue weighted by atomic mass is 10.2. The monoisotopic (exact) mass is 369 g/mol. The van der Waals surface area contributed by atoms with E-state index in [9.17, 15) is 4.79 Å². The minimum absolute atomic E-state index is 0.261. The molecule has 26 heavy (non-hydrogen) atoms. The lowest BCUT2D eigenvalue weighted by molar-refractivity contribution is 0.0942. The summed E-state index contributed by atoms with van der Waals surface area (Å²) in [5, 5.41) is 0. The number of nitrogens with one attached hydrogen (secondary N) is 1. The smallest absolute Gasteiger partial charge is 0.410 e. The Bertz CT molecular complexity index is 959. The fourth-order valence-electron chi connectivity index (χ4n) is 3.09. The minimum Gasteiger partial charge on any atom is -0.445 e. The molecular weight excluding hydrogens is 350 g/mol. The van der Waals surface area contributed by atoms with E-state index in [0.29, 0.717) is 24.5 Å². The fraction of sp³-hybridized carbons (Fsp3) is 0.263. The molecule has 1 aliphatic heterocycles. The first kappa shape index (κ1) is 16.7. The van der Waals surface area contributed by atoms with Crippen molar-refractivity contribution >= 4 is 35.1 Å². The first-order valence-electron chi connectivity index (χ1n) is 8.52. The molecule has 1 saturated heterocycles. The molecule has 2 aromatic carbocycles. The van der Waals surface area contributed by atoms with Crippen LogP contribution in [0.25, 0.3) is 11.1 Å². The number of carbonyl (C=O) groups is 1. The Labute approximate surface area is 156 Å². The van der Waals surface area contributed by atoms with Crippen LogP contribution in [0.3, 0.4) is 0 Å². The normalized spacial score (nSPS) is 14.6. The molecule has 1 N–H and O–H groups in total. The van der Waals surface area contributed by atoms with E-state index in [1.807, 2.05) is 48.5 Å². The zero-order chi connectivity index (χ0) is 17.9. The van der Waals surface area contributed by atoms with Crippen molar-refractivity contribution in [1.82, 2.24) is 9.88 Å². The summed E-state index contributed by atoms with van der Waals surface area (Å²) in [5.41, 5.74) is 3.71. The van der Waals surface area contributed by atoms with Gasteiger partial charge < -0.3 is 23.9 Å². The summed E-state index contributed by atoms with van der Waals surface area (Å²) in [7, 11) is 0. The maximum Gasteiger partial charge on any atom is 0.410 e. The first-order valence-corrected chi connectivity index (χ1v) is 8.93. The SMILES string of the molecule is O=C(OCc1ccccc1)N1CCN(c2ccc3oc(=S)[nH]c3c2)CC1. The van der Waals surface area contributed by atoms with Crippen molar-refractivity contribution in [3.05, 3.63) is 58.9 Å². The number of benzene rings is 2. The molecule has 0 atom stereocenters. The van der Waals surface area contributed by atoms with Crippen LogP contribution in [0.1, 0.15) is 5.56 Å². The molecule has 4 rings (SSSR count). The highest BCUT2D eigenvalue weighted by atomic mass is 32.1. The third kappa shape index (κ3) is 3.57. The van der Waals surface area contributed by atoms with E-state index in [1.54, 1.807) is 4.90 Å². The zero-order valence-electron chi connectivity index (χ0n) is 14.2. The molecule has 3 aromatic rings. The number of nitrogens with zero attached hydrogens (tertiary/aromatic N) is 2. The van der Waals surface area contributed by atoms with Crippen LogP contribution >= 0.6 is 12.2 Å². The number of aromatic amines is 1. The topological polar surface area (TPSA) is 61.7 Å². The maximum atomic E-state index is 12.2. The van der Waals surface area contributed by atoms with Crippen LogP contribution < -0.4 is 4.90 Å². The van der Waals surface area contributed by atoms with Gasteiger partial charge in [-0.2, -0.15) is 0 Å². The van der Waals surface area contributed by atoms with E-state index in [-0.39, 0.29) is 6.09 Å². The van der Waals surface area contributed by atoms with Gasteiger partial charge in [0.15, 0.2) is 5.58 Å². The van der Waals surface area contributed by atoms with Gasteiger partial charge in [0.05, 0.1) is 5.52 Å². The van der Waals surface area contributed by atoms with Gasteiger partial charge in [0.1, 0.15) is 6.61 Å². The number of hydrogen-bond donors (Lipinski definition) is 1. The van der Waals surface area contributed by atoms with Crippen LogP contribution in [0, 0.1) is 4.84 Å². The molecule has 6 nitrogen and oxygen atoms in total. The molecule has 0 unspecified atom stereocenters. The summed E-state index contributed by atoms with van der Waals surface area (Å²) >= 11 is 5.02. The predicted octanol–water partition coefficient (Wildman–Crippen LogP) is 3.95. The Morgan fingerprint density at radius 3 is 2.65 bits per heavy atom. The van der Waals surface area contributed by atoms with Gasteiger partial charge in [-0.1, -0.05) is 30.3 Å². The molecule has 0 aliphatic carbocycles. The number of piperazine rings is 1. The number of ether oxygens (including phenoxy) is 1. The first-order chi connectivity index (χ1) is 12.7. The maximum absolute atomic E-state index is 12.2. The number of fused-ring (bicyclic) bond motifs is 1. The summed E-state index contributed by atoms with van der Waals surface area (Å²) in [6, 6.07) is 15.7. The Hall–Kier alpha value is -2.80. The van der Waals surface area contributed by atoms with Crippen molar-refractivity contribution in [2.45, 2.75) is 6.61 Å². The van der Waals surface area contributed by atoms with Gasteiger partial charge in [-0.05, 0) is 36.0 Å². The molecule has 1 fully saturated rings. The Balaban J connectivity index is 1.34. The van der Waals surface area contributed by atoms with Crippen molar-refractivity contribution in [2.75, 3.05) is 31.1 Å². The van der Waals surface area contributed by atoms with E-state index in [4.69, 9.17) is 21.4 Å². The van der Waals surface area contributed by atoms with E-state index in [1.165, 1.54) is 0 Å². The van der Waals surface area contributed by atoms with Crippen molar-refractivity contribution in [3.8, 4) is 0 Å². The third-order valence-corrected chi connectivity index (χ3v) is 4.70. The number of aromatic nitrogens is 1. The van der Waals surface area contributed by atoms with Crippen molar-refractivity contribution < 1.29 is 13.9 Å². The minimum atomic E-state index is -0.261. The van der Waals surface area contributed by atoms with Crippen molar-refractivity contribution in [1.29, 1.82) is 0 Å². The number of anilines is 1. The van der Waals surface area contributed by atoms with Crippen molar-refractivity contribution in [3.63, 3.8) is 0 Å². The molecule has 0 radical (unpaired) electrons. The summed E-state index contributed by atoms with van der Waals surface area (Å²) < 4.78 is 10.8. The van der Waals surface area contributed by atoms with Crippen molar-refractivity contribution in [2.24, 2.45) is 0 Å². The van der Waals surface area contributed by atoms with Crippen LogP contribution in [0.4, 0.5) is 10.5 Å². The second-order valence-corrected chi connectivity index (χ2v) is 6.58. The molecule has 7 heteroatoms. The predicted molar refractivity (Wildman–Crippen MR) is 102 cm³/mol. The van der Waals surface area contributed by atoms with E-state index >= 15 is 0 Å². The third-order valence-electron chi connectivity index (χ3n) is 4.51. The summed E-state index contributed by atoms with van der Waals surface area (Å²) in [5.74, 6) is 0. The van der Waals surface area contributed by atoms with Gasteiger partial charge in [-0.15, -0.1) is 0 Å². The number of H-pyrrole nitrogens is 1. The van der Waals surface area contributed by atoms with Gasteiger partial charge in [-0.3, -0.25) is 0 Å². The summed E-state index contributed by atoms with van der Waals surface area (Å²) in [4.78, 5) is 19.7. The standard InChI is InChI=1S/C19H19N3O3S/c23-19(24-13-14-4-2-1-3-5-14)22-10-8-21(9-11-22)15-6-7-17-16(12-15)20-18(26)25-17/h1-7,12H,8-11,13H2,(H,20,26). The Morgan fingerprint density at radius 1 is 1.12 bits per heavy atom. The molecule has 1 amide bonds. The molecule has 2 heterocycles. The second kappa shape index (κ2) is 7.21. The summed E-state index contributed by atoms with van der Waals surface area (Å²) in [6.45, 7) is 3.07. The molecule has 134 valence electrons. The van der Waals surface area contributed by atoms with Crippen LogP contribution in [0.15, 0.2) is 52.9 Å². The quantitative estimate of drug-likeness (QED) is 0.709. The lowest BCUT2D eigenvalue weighted by Gasteiger charge is -2.35. The highest BCUT2D eigenvalue weighted by molar-refractivity contribution is 7.71. The molecule has 1 aromatic heterocycles. The van der Waals surface area contributed by atoms with Crippen LogP contribution in [0.2, 0.25) is 0 Å². The number of amides is 1. The van der Waals surface area contributed by atoms with Gasteiger partial charge in [0.2, 0.25) is 0 Å². The van der Waals surface area contributed by atoms with Gasteiger partial charge in [-0.25, -0.2) is 4.79 Å². The highest BCUT2D eigenvalue weighted by Gasteiger charge is 2.22. The van der Waals surface area contributed by atoms with Gasteiger partial charge in [0.25, 0.3) is 4.84 Å². The number of rotatable bonds is 3. The van der Waals surface area contributed by atoms with E-state index < -0.39 is 0 Å². The number of oxazole rings is 1. The number of carbonyl (C=O) groups excluding carboxylic acids is 1. The average molecular weight is 369 g/mol. The zero-order valence-corrected chi connectivity index (χ0v) is 15.0. The van der Waals surface area contributed by atoms with Gasteiger partial charge >= 0.3 is 6.09 Å². The Kier molecular flexibility index (Phi) is 4.62.